The Morgan fingerprint density at radius 3 is 2.53 bits per heavy atom. The number of ether oxygens (including phenoxy) is 1. The first-order valence-corrected chi connectivity index (χ1v) is 13.2. The summed E-state index contributed by atoms with van der Waals surface area (Å²) in [6, 6.07) is 13.3. The number of piperidine rings is 1. The normalized spacial score (nSPS) is 18.9. The Labute approximate surface area is 223 Å². The van der Waals surface area contributed by atoms with Crippen molar-refractivity contribution in [3.05, 3.63) is 57.5 Å². The van der Waals surface area contributed by atoms with Gasteiger partial charge in [0.1, 0.15) is 5.82 Å². The molecule has 0 radical (unpaired) electrons. The van der Waals surface area contributed by atoms with Gasteiger partial charge in [0.25, 0.3) is 0 Å². The standard InChI is InChI=1S/C26H24Cl3N5O2/c27-17-2-3-21-16(11-17)1-4-24(31-21)34-23-13-20(29)19(28)12-22(23)32-26(34)33-8-5-15(6-9-33)25(35)30-18-7-10-36-14-18/h1-4,11-13,15,18H,5-10,14H2,(H,30,35). The van der Waals surface area contributed by atoms with Gasteiger partial charge in [0.2, 0.25) is 11.9 Å². The Morgan fingerprint density at radius 2 is 1.75 bits per heavy atom. The van der Waals surface area contributed by atoms with Crippen LogP contribution in [0.4, 0.5) is 5.95 Å². The summed E-state index contributed by atoms with van der Waals surface area (Å²) in [6.45, 7) is 2.72. The summed E-state index contributed by atoms with van der Waals surface area (Å²) in [5, 5.41) is 5.67. The molecular formula is C26H24Cl3N5O2. The van der Waals surface area contributed by atoms with E-state index in [0.717, 1.165) is 53.0 Å². The van der Waals surface area contributed by atoms with Gasteiger partial charge in [-0.05, 0) is 61.7 Å². The second kappa shape index (κ2) is 9.71. The van der Waals surface area contributed by atoms with E-state index in [1.54, 1.807) is 6.07 Å². The first-order valence-electron chi connectivity index (χ1n) is 12.0. The molecule has 2 aliphatic rings. The first kappa shape index (κ1) is 23.8. The minimum absolute atomic E-state index is 0.0212. The Kier molecular flexibility index (Phi) is 6.42. The largest absolute Gasteiger partial charge is 0.379 e. The second-order valence-corrected chi connectivity index (χ2v) is 10.6. The zero-order chi connectivity index (χ0) is 24.8. The molecule has 186 valence electrons. The number of halogens is 3. The van der Waals surface area contributed by atoms with E-state index in [-0.39, 0.29) is 17.9 Å². The molecule has 0 saturated carbocycles. The van der Waals surface area contributed by atoms with Crippen LogP contribution in [-0.4, -0.2) is 52.8 Å². The number of hydrogen-bond acceptors (Lipinski definition) is 5. The van der Waals surface area contributed by atoms with Crippen LogP contribution in [0.1, 0.15) is 19.3 Å². The average Bonchev–Trinajstić information content (AvgIpc) is 3.52. The van der Waals surface area contributed by atoms with E-state index < -0.39 is 0 Å². The minimum atomic E-state index is -0.0212. The lowest BCUT2D eigenvalue weighted by molar-refractivity contribution is -0.126. The molecule has 2 fully saturated rings. The summed E-state index contributed by atoms with van der Waals surface area (Å²) in [7, 11) is 0. The lowest BCUT2D eigenvalue weighted by Crippen LogP contribution is -2.44. The average molecular weight is 545 g/mol. The van der Waals surface area contributed by atoms with Gasteiger partial charge >= 0.3 is 0 Å². The van der Waals surface area contributed by atoms with Crippen molar-refractivity contribution >= 4 is 68.6 Å². The van der Waals surface area contributed by atoms with E-state index in [2.05, 4.69) is 10.2 Å². The Balaban J connectivity index is 1.33. The maximum Gasteiger partial charge on any atom is 0.223 e. The number of amides is 1. The van der Waals surface area contributed by atoms with E-state index in [0.29, 0.717) is 41.4 Å². The molecule has 36 heavy (non-hydrogen) atoms. The number of benzene rings is 2. The van der Waals surface area contributed by atoms with Gasteiger partial charge in [0.05, 0.1) is 39.2 Å². The number of nitrogens with zero attached hydrogens (tertiary/aromatic N) is 4. The molecule has 2 saturated heterocycles. The summed E-state index contributed by atoms with van der Waals surface area (Å²) in [6.07, 6.45) is 2.37. The van der Waals surface area contributed by atoms with Crippen molar-refractivity contribution in [1.29, 1.82) is 0 Å². The Hall–Kier alpha value is -2.58. The molecule has 1 unspecified atom stereocenters. The Bertz CT molecular complexity index is 1460. The highest BCUT2D eigenvalue weighted by molar-refractivity contribution is 6.42. The molecule has 0 spiro atoms. The molecule has 4 aromatic rings. The number of anilines is 1. The molecule has 6 rings (SSSR count). The van der Waals surface area contributed by atoms with Gasteiger partial charge in [-0.25, -0.2) is 9.97 Å². The smallest absolute Gasteiger partial charge is 0.223 e. The fourth-order valence-corrected chi connectivity index (χ4v) is 5.51. The molecule has 0 bridgehead atoms. The van der Waals surface area contributed by atoms with Crippen molar-refractivity contribution in [1.82, 2.24) is 19.9 Å². The van der Waals surface area contributed by atoms with Gasteiger partial charge in [-0.1, -0.05) is 34.8 Å². The number of rotatable bonds is 4. The predicted octanol–water partition coefficient (Wildman–Crippen LogP) is 5.66. The molecule has 10 heteroatoms. The van der Waals surface area contributed by atoms with Crippen molar-refractivity contribution in [2.75, 3.05) is 31.2 Å². The van der Waals surface area contributed by atoms with E-state index >= 15 is 0 Å². The van der Waals surface area contributed by atoms with Crippen LogP contribution in [0.3, 0.4) is 0 Å². The van der Waals surface area contributed by atoms with Crippen LogP contribution in [0.15, 0.2) is 42.5 Å². The number of pyridine rings is 1. The fourth-order valence-electron chi connectivity index (χ4n) is 5.02. The number of imidazole rings is 1. The maximum absolute atomic E-state index is 12.8. The van der Waals surface area contributed by atoms with Crippen LogP contribution in [0.25, 0.3) is 27.8 Å². The summed E-state index contributed by atoms with van der Waals surface area (Å²) < 4.78 is 7.40. The number of hydrogen-bond donors (Lipinski definition) is 1. The van der Waals surface area contributed by atoms with Gasteiger partial charge in [-0.3, -0.25) is 9.36 Å². The molecule has 1 amide bonds. The van der Waals surface area contributed by atoms with E-state index in [4.69, 9.17) is 49.5 Å². The van der Waals surface area contributed by atoms with E-state index in [9.17, 15) is 4.79 Å². The third kappa shape index (κ3) is 4.50. The zero-order valence-electron chi connectivity index (χ0n) is 19.4. The van der Waals surface area contributed by atoms with Crippen molar-refractivity contribution < 1.29 is 9.53 Å². The highest BCUT2D eigenvalue weighted by Crippen LogP contribution is 2.34. The van der Waals surface area contributed by atoms with Crippen molar-refractivity contribution in [2.45, 2.75) is 25.3 Å². The maximum atomic E-state index is 12.8. The minimum Gasteiger partial charge on any atom is -0.379 e. The van der Waals surface area contributed by atoms with E-state index in [1.807, 2.05) is 41.0 Å². The lowest BCUT2D eigenvalue weighted by atomic mass is 9.95. The van der Waals surface area contributed by atoms with Gasteiger partial charge in [0.15, 0.2) is 0 Å². The van der Waals surface area contributed by atoms with Gasteiger partial charge in [0, 0.05) is 36.0 Å². The van der Waals surface area contributed by atoms with E-state index in [1.165, 1.54) is 0 Å². The molecule has 2 aromatic carbocycles. The second-order valence-electron chi connectivity index (χ2n) is 9.34. The van der Waals surface area contributed by atoms with Crippen LogP contribution in [0.5, 0.6) is 0 Å². The Morgan fingerprint density at radius 1 is 0.944 bits per heavy atom. The number of carbonyl (C=O) groups excluding carboxylic acids is 1. The third-order valence-corrected chi connectivity index (χ3v) is 7.93. The highest BCUT2D eigenvalue weighted by Gasteiger charge is 2.30. The first-order chi connectivity index (χ1) is 17.5. The highest BCUT2D eigenvalue weighted by atomic mass is 35.5. The number of carbonyl (C=O) groups is 1. The molecule has 2 aliphatic heterocycles. The monoisotopic (exact) mass is 543 g/mol. The third-order valence-electron chi connectivity index (χ3n) is 6.97. The van der Waals surface area contributed by atoms with Gasteiger partial charge in [-0.2, -0.15) is 0 Å². The van der Waals surface area contributed by atoms with Crippen LogP contribution >= 0.6 is 34.8 Å². The number of nitrogens with one attached hydrogen (secondary N) is 1. The van der Waals surface area contributed by atoms with Crippen LogP contribution in [0.2, 0.25) is 15.1 Å². The topological polar surface area (TPSA) is 72.3 Å². The van der Waals surface area contributed by atoms with Crippen molar-refractivity contribution in [2.24, 2.45) is 5.92 Å². The summed E-state index contributed by atoms with van der Waals surface area (Å²) >= 11 is 18.9. The predicted molar refractivity (Wildman–Crippen MR) is 144 cm³/mol. The number of aromatic nitrogens is 3. The molecule has 1 N–H and O–H groups in total. The zero-order valence-corrected chi connectivity index (χ0v) is 21.7. The molecule has 1 atom stereocenters. The van der Waals surface area contributed by atoms with Crippen LogP contribution in [-0.2, 0) is 9.53 Å². The van der Waals surface area contributed by atoms with Gasteiger partial charge in [-0.15, -0.1) is 0 Å². The quantitative estimate of drug-likeness (QED) is 0.359. The lowest BCUT2D eigenvalue weighted by Gasteiger charge is -2.32. The fraction of sp³-hybridized carbons (Fsp3) is 0.346. The molecular weight excluding hydrogens is 521 g/mol. The summed E-state index contributed by atoms with van der Waals surface area (Å²) in [5.41, 5.74) is 2.39. The molecule has 7 nitrogen and oxygen atoms in total. The SMILES string of the molecule is O=C(NC1CCOC1)C1CCN(c2nc3cc(Cl)c(Cl)cc3n2-c2ccc3cc(Cl)ccc3n2)CC1. The molecule has 0 aliphatic carbocycles. The van der Waals surface area contributed by atoms with Crippen LogP contribution < -0.4 is 10.2 Å². The number of fused-ring (bicyclic) bond motifs is 2. The van der Waals surface area contributed by atoms with Crippen molar-refractivity contribution in [3.8, 4) is 5.82 Å². The van der Waals surface area contributed by atoms with Crippen LogP contribution in [0, 0.1) is 5.92 Å². The molecule has 4 heterocycles. The summed E-state index contributed by atoms with van der Waals surface area (Å²) in [4.78, 5) is 24.8. The summed E-state index contributed by atoms with van der Waals surface area (Å²) in [5.74, 6) is 1.58. The van der Waals surface area contributed by atoms with Gasteiger partial charge < -0.3 is 15.0 Å². The van der Waals surface area contributed by atoms with Crippen molar-refractivity contribution in [3.63, 3.8) is 0 Å². The molecule has 2 aromatic heterocycles.